The number of carbonyl (C=O) groups is 1. The SMILES string of the molecule is O=C(COc1cccc2ccccc12)N(Cc1ccc(F)cc1F)C1CC1. The number of halogens is 2. The second-order valence-corrected chi connectivity index (χ2v) is 6.75. The van der Waals surface area contributed by atoms with Crippen molar-refractivity contribution in [3.8, 4) is 5.75 Å². The Morgan fingerprint density at radius 2 is 1.81 bits per heavy atom. The Bertz CT molecular complexity index is 980. The Hall–Kier alpha value is -2.95. The highest BCUT2D eigenvalue weighted by Crippen LogP contribution is 2.30. The molecular weight excluding hydrogens is 348 g/mol. The van der Waals surface area contributed by atoms with E-state index in [2.05, 4.69) is 0 Å². The molecule has 0 atom stereocenters. The molecule has 0 aliphatic heterocycles. The third kappa shape index (κ3) is 3.92. The Morgan fingerprint density at radius 1 is 1.04 bits per heavy atom. The molecule has 0 radical (unpaired) electrons. The van der Waals surface area contributed by atoms with Crippen LogP contribution in [0, 0.1) is 11.6 Å². The first-order valence-electron chi connectivity index (χ1n) is 8.96. The van der Waals surface area contributed by atoms with Gasteiger partial charge in [-0.15, -0.1) is 0 Å². The molecule has 4 rings (SSSR count). The average Bonchev–Trinajstić information content (AvgIpc) is 3.50. The lowest BCUT2D eigenvalue weighted by Crippen LogP contribution is -2.36. The van der Waals surface area contributed by atoms with Gasteiger partial charge in [0.25, 0.3) is 5.91 Å². The van der Waals surface area contributed by atoms with Gasteiger partial charge < -0.3 is 9.64 Å². The van der Waals surface area contributed by atoms with Gasteiger partial charge in [0, 0.05) is 29.6 Å². The maximum atomic E-state index is 14.0. The molecule has 1 fully saturated rings. The van der Waals surface area contributed by atoms with Crippen molar-refractivity contribution in [2.75, 3.05) is 6.61 Å². The fourth-order valence-corrected chi connectivity index (χ4v) is 3.18. The van der Waals surface area contributed by atoms with E-state index >= 15 is 0 Å². The van der Waals surface area contributed by atoms with Crippen molar-refractivity contribution >= 4 is 16.7 Å². The summed E-state index contributed by atoms with van der Waals surface area (Å²) in [6, 6.07) is 17.0. The van der Waals surface area contributed by atoms with Gasteiger partial charge in [-0.1, -0.05) is 42.5 Å². The summed E-state index contributed by atoms with van der Waals surface area (Å²) in [7, 11) is 0. The summed E-state index contributed by atoms with van der Waals surface area (Å²) in [6.07, 6.45) is 1.78. The number of ether oxygens (including phenoxy) is 1. The third-order valence-corrected chi connectivity index (χ3v) is 4.76. The number of fused-ring (bicyclic) bond motifs is 1. The second kappa shape index (κ2) is 7.35. The molecule has 27 heavy (non-hydrogen) atoms. The van der Waals surface area contributed by atoms with E-state index in [1.807, 2.05) is 42.5 Å². The van der Waals surface area contributed by atoms with Crippen LogP contribution >= 0.6 is 0 Å². The summed E-state index contributed by atoms with van der Waals surface area (Å²) < 4.78 is 32.9. The highest BCUT2D eigenvalue weighted by molar-refractivity contribution is 5.88. The largest absolute Gasteiger partial charge is 0.483 e. The number of hydrogen-bond donors (Lipinski definition) is 0. The van der Waals surface area contributed by atoms with Gasteiger partial charge in [0.15, 0.2) is 6.61 Å². The van der Waals surface area contributed by atoms with Crippen LogP contribution in [0.5, 0.6) is 5.75 Å². The molecule has 0 aromatic heterocycles. The predicted molar refractivity (Wildman–Crippen MR) is 99.4 cm³/mol. The fourth-order valence-electron chi connectivity index (χ4n) is 3.18. The molecule has 3 nitrogen and oxygen atoms in total. The van der Waals surface area contributed by atoms with Gasteiger partial charge in [0.05, 0.1) is 0 Å². The molecule has 0 heterocycles. The van der Waals surface area contributed by atoms with E-state index in [-0.39, 0.29) is 25.1 Å². The van der Waals surface area contributed by atoms with Gasteiger partial charge in [-0.3, -0.25) is 4.79 Å². The minimum atomic E-state index is -0.636. The summed E-state index contributed by atoms with van der Waals surface area (Å²) in [4.78, 5) is 14.3. The highest BCUT2D eigenvalue weighted by atomic mass is 19.1. The van der Waals surface area contributed by atoms with Crippen LogP contribution in [0.2, 0.25) is 0 Å². The minimum Gasteiger partial charge on any atom is -0.483 e. The molecule has 0 bridgehead atoms. The first-order valence-corrected chi connectivity index (χ1v) is 8.96. The van der Waals surface area contributed by atoms with Crippen LogP contribution in [-0.2, 0) is 11.3 Å². The van der Waals surface area contributed by atoms with Crippen molar-refractivity contribution in [2.24, 2.45) is 0 Å². The number of carbonyl (C=O) groups excluding carboxylic acids is 1. The molecule has 0 spiro atoms. The standard InChI is InChI=1S/C22H19F2NO2/c23-17-9-8-16(20(24)12-17)13-25(18-10-11-18)22(26)14-27-21-7-3-5-15-4-1-2-6-19(15)21/h1-9,12,18H,10-11,13-14H2. The zero-order valence-corrected chi connectivity index (χ0v) is 14.7. The van der Waals surface area contributed by atoms with E-state index in [1.165, 1.54) is 12.1 Å². The minimum absolute atomic E-state index is 0.0954. The molecule has 1 amide bonds. The van der Waals surface area contributed by atoms with Gasteiger partial charge in [0.1, 0.15) is 17.4 Å². The van der Waals surface area contributed by atoms with E-state index in [9.17, 15) is 13.6 Å². The van der Waals surface area contributed by atoms with Crippen molar-refractivity contribution in [1.29, 1.82) is 0 Å². The zero-order chi connectivity index (χ0) is 18.8. The summed E-state index contributed by atoms with van der Waals surface area (Å²) in [5.74, 6) is -0.817. The van der Waals surface area contributed by atoms with E-state index in [0.717, 1.165) is 29.7 Å². The summed E-state index contributed by atoms with van der Waals surface area (Å²) in [5, 5.41) is 1.98. The van der Waals surface area contributed by atoms with Crippen molar-refractivity contribution in [3.63, 3.8) is 0 Å². The van der Waals surface area contributed by atoms with Crippen LogP contribution in [0.1, 0.15) is 18.4 Å². The maximum Gasteiger partial charge on any atom is 0.261 e. The third-order valence-electron chi connectivity index (χ3n) is 4.76. The van der Waals surface area contributed by atoms with Gasteiger partial charge in [-0.05, 0) is 30.4 Å². The Morgan fingerprint density at radius 3 is 2.59 bits per heavy atom. The molecule has 0 N–H and O–H groups in total. The molecule has 1 aliphatic carbocycles. The molecule has 3 aromatic carbocycles. The Kier molecular flexibility index (Phi) is 4.75. The first kappa shape index (κ1) is 17.5. The molecule has 1 saturated carbocycles. The van der Waals surface area contributed by atoms with Crippen molar-refractivity contribution in [2.45, 2.75) is 25.4 Å². The van der Waals surface area contributed by atoms with Gasteiger partial charge in [-0.2, -0.15) is 0 Å². The number of amides is 1. The Labute approximate surface area is 156 Å². The topological polar surface area (TPSA) is 29.5 Å². The van der Waals surface area contributed by atoms with Gasteiger partial charge in [-0.25, -0.2) is 8.78 Å². The number of rotatable bonds is 6. The lowest BCUT2D eigenvalue weighted by molar-refractivity contribution is -0.134. The van der Waals surface area contributed by atoms with Crippen LogP contribution in [-0.4, -0.2) is 23.5 Å². The van der Waals surface area contributed by atoms with Crippen LogP contribution < -0.4 is 4.74 Å². The van der Waals surface area contributed by atoms with Crippen LogP contribution in [0.4, 0.5) is 8.78 Å². The number of benzene rings is 3. The number of hydrogen-bond acceptors (Lipinski definition) is 2. The van der Waals surface area contributed by atoms with E-state index < -0.39 is 11.6 Å². The first-order chi connectivity index (χ1) is 13.1. The van der Waals surface area contributed by atoms with Crippen LogP contribution in [0.25, 0.3) is 10.8 Å². The van der Waals surface area contributed by atoms with E-state index in [1.54, 1.807) is 4.90 Å². The second-order valence-electron chi connectivity index (χ2n) is 6.75. The molecule has 0 unspecified atom stereocenters. The summed E-state index contributed by atoms with van der Waals surface area (Å²) >= 11 is 0. The smallest absolute Gasteiger partial charge is 0.261 e. The summed E-state index contributed by atoms with van der Waals surface area (Å²) in [5.41, 5.74) is 0.307. The zero-order valence-electron chi connectivity index (χ0n) is 14.7. The van der Waals surface area contributed by atoms with Crippen molar-refractivity contribution in [3.05, 3.63) is 77.9 Å². The molecule has 138 valence electrons. The lowest BCUT2D eigenvalue weighted by Gasteiger charge is -2.23. The fraction of sp³-hybridized carbons (Fsp3) is 0.227. The quantitative estimate of drug-likeness (QED) is 0.633. The molecule has 0 saturated heterocycles. The highest BCUT2D eigenvalue weighted by Gasteiger charge is 2.33. The van der Waals surface area contributed by atoms with Gasteiger partial charge in [0.2, 0.25) is 0 Å². The van der Waals surface area contributed by atoms with Crippen LogP contribution in [0.15, 0.2) is 60.7 Å². The van der Waals surface area contributed by atoms with E-state index in [0.29, 0.717) is 11.3 Å². The molecule has 5 heteroatoms. The monoisotopic (exact) mass is 367 g/mol. The lowest BCUT2D eigenvalue weighted by atomic mass is 10.1. The van der Waals surface area contributed by atoms with Crippen molar-refractivity contribution in [1.82, 2.24) is 4.90 Å². The molecule has 1 aliphatic rings. The van der Waals surface area contributed by atoms with Gasteiger partial charge >= 0.3 is 0 Å². The Balaban J connectivity index is 1.48. The average molecular weight is 367 g/mol. The normalized spacial score (nSPS) is 13.6. The number of nitrogens with zero attached hydrogens (tertiary/aromatic N) is 1. The van der Waals surface area contributed by atoms with Crippen molar-refractivity contribution < 1.29 is 18.3 Å². The van der Waals surface area contributed by atoms with E-state index in [4.69, 9.17) is 4.74 Å². The predicted octanol–water partition coefficient (Wildman–Crippen LogP) is 4.69. The molecular formula is C22H19F2NO2. The molecule has 3 aromatic rings. The van der Waals surface area contributed by atoms with Crippen LogP contribution in [0.3, 0.4) is 0 Å². The summed E-state index contributed by atoms with van der Waals surface area (Å²) in [6.45, 7) is 0.00182. The maximum absolute atomic E-state index is 14.0.